The summed E-state index contributed by atoms with van der Waals surface area (Å²) in [6.45, 7) is 19.6. The largest absolute Gasteiger partial charge is 0.457 e. The van der Waals surface area contributed by atoms with Crippen LogP contribution in [0.4, 0.5) is 0 Å². The van der Waals surface area contributed by atoms with Crippen molar-refractivity contribution in [2.45, 2.75) is 200 Å². The second-order valence-electron chi connectivity index (χ2n) is 16.9. The van der Waals surface area contributed by atoms with Crippen molar-refractivity contribution in [3.8, 4) is 11.5 Å². The Balaban J connectivity index is 1.85. The van der Waals surface area contributed by atoms with Gasteiger partial charge in [-0.2, -0.15) is 0 Å². The average molecular weight is 663 g/mol. The maximum Gasteiger partial charge on any atom is 0.130 e. The van der Waals surface area contributed by atoms with Gasteiger partial charge in [-0.25, -0.2) is 0 Å². The van der Waals surface area contributed by atoms with Crippen LogP contribution in [0, 0.1) is 0 Å². The Labute approximate surface area is 289 Å². The molecule has 0 saturated heterocycles. The van der Waals surface area contributed by atoms with Crippen molar-refractivity contribution < 1.29 is 4.74 Å². The molecule has 0 N–H and O–H groups in total. The minimum absolute atomic E-state index is 0.0640. The first-order valence-electron chi connectivity index (χ1n) is 20.0. The third-order valence-corrected chi connectivity index (χ3v) is 14.8. The molecule has 3 rings (SSSR count). The van der Waals surface area contributed by atoms with Gasteiger partial charge in [0.05, 0.1) is 16.1 Å². The molecule has 0 spiro atoms. The highest BCUT2D eigenvalue weighted by molar-refractivity contribution is 6.90. The van der Waals surface area contributed by atoms with Crippen LogP contribution >= 0.6 is 0 Å². The van der Waals surface area contributed by atoms with Crippen LogP contribution in [0.25, 0.3) is 0 Å². The molecule has 0 unspecified atom stereocenters. The number of hydrogen-bond donors (Lipinski definition) is 0. The third kappa shape index (κ3) is 11.4. The summed E-state index contributed by atoms with van der Waals surface area (Å²) < 4.78 is 7.22. The summed E-state index contributed by atoms with van der Waals surface area (Å²) >= 11 is 0. The van der Waals surface area contributed by atoms with Gasteiger partial charge in [0, 0.05) is 16.5 Å². The lowest BCUT2D eigenvalue weighted by atomic mass is 9.66. The molecule has 0 aromatic heterocycles. The van der Waals surface area contributed by atoms with Crippen LogP contribution in [0.2, 0.25) is 39.3 Å². The second kappa shape index (κ2) is 19.6. The molecule has 260 valence electrons. The number of fused-ring (bicyclic) bond motifs is 2. The zero-order valence-electron chi connectivity index (χ0n) is 31.9. The molecule has 3 heteroatoms. The number of ether oxygens (including phenoxy) is 1. The van der Waals surface area contributed by atoms with Gasteiger partial charge in [0.1, 0.15) is 11.5 Å². The lowest BCUT2D eigenvalue weighted by Gasteiger charge is -2.44. The summed E-state index contributed by atoms with van der Waals surface area (Å²) in [5.74, 6) is 2.50. The Morgan fingerprint density at radius 1 is 0.435 bits per heavy atom. The summed E-state index contributed by atoms with van der Waals surface area (Å²) in [4.78, 5) is 0. The molecule has 1 aliphatic heterocycles. The summed E-state index contributed by atoms with van der Waals surface area (Å²) in [7, 11) is -3.21. The zero-order chi connectivity index (χ0) is 33.5. The van der Waals surface area contributed by atoms with E-state index in [-0.39, 0.29) is 5.41 Å². The molecule has 0 amide bonds. The number of hydrogen-bond acceptors (Lipinski definition) is 1. The minimum Gasteiger partial charge on any atom is -0.457 e. The Morgan fingerprint density at radius 2 is 0.739 bits per heavy atom. The van der Waals surface area contributed by atoms with Crippen molar-refractivity contribution in [3.63, 3.8) is 0 Å². The molecule has 2 aromatic carbocycles. The van der Waals surface area contributed by atoms with E-state index >= 15 is 0 Å². The maximum atomic E-state index is 7.22. The molecule has 46 heavy (non-hydrogen) atoms. The number of rotatable bonds is 24. The maximum absolute atomic E-state index is 7.22. The van der Waals surface area contributed by atoms with Crippen LogP contribution in [0.1, 0.15) is 166 Å². The van der Waals surface area contributed by atoms with Crippen LogP contribution in [0.15, 0.2) is 36.4 Å². The predicted molar refractivity (Wildman–Crippen MR) is 213 cm³/mol. The average Bonchev–Trinajstić information content (AvgIpc) is 3.01. The zero-order valence-corrected chi connectivity index (χ0v) is 33.9. The van der Waals surface area contributed by atoms with Gasteiger partial charge in [-0.05, 0) is 23.2 Å². The van der Waals surface area contributed by atoms with Gasteiger partial charge in [0.25, 0.3) is 0 Å². The van der Waals surface area contributed by atoms with Crippen molar-refractivity contribution in [1.82, 2.24) is 0 Å². The normalized spacial score (nSPS) is 14.2. The molecule has 0 saturated carbocycles. The van der Waals surface area contributed by atoms with Gasteiger partial charge in [-0.15, -0.1) is 0 Å². The van der Waals surface area contributed by atoms with Gasteiger partial charge >= 0.3 is 0 Å². The summed E-state index contributed by atoms with van der Waals surface area (Å²) in [5.41, 5.74) is 3.09. The first kappa shape index (κ1) is 39.1. The predicted octanol–water partition coefficient (Wildman–Crippen LogP) is 13.8. The monoisotopic (exact) mass is 663 g/mol. The van der Waals surface area contributed by atoms with Gasteiger partial charge in [0.2, 0.25) is 0 Å². The van der Waals surface area contributed by atoms with E-state index < -0.39 is 16.1 Å². The van der Waals surface area contributed by atoms with Gasteiger partial charge in [0.15, 0.2) is 0 Å². The van der Waals surface area contributed by atoms with Crippen molar-refractivity contribution in [1.29, 1.82) is 0 Å². The van der Waals surface area contributed by atoms with E-state index in [0.29, 0.717) is 0 Å². The topological polar surface area (TPSA) is 9.23 Å². The van der Waals surface area contributed by atoms with Crippen molar-refractivity contribution in [2.24, 2.45) is 0 Å². The Hall–Kier alpha value is -1.33. The van der Waals surface area contributed by atoms with E-state index in [2.05, 4.69) is 89.5 Å². The summed E-state index contributed by atoms with van der Waals surface area (Å²) in [5, 5.41) is 3.02. The molecular formula is C43H74OSi2. The molecule has 0 aliphatic carbocycles. The fourth-order valence-corrected chi connectivity index (χ4v) is 10.9. The molecule has 0 fully saturated rings. The summed E-state index contributed by atoms with van der Waals surface area (Å²) in [6.07, 6.45) is 30.4. The van der Waals surface area contributed by atoms with Crippen molar-refractivity contribution >= 4 is 26.5 Å². The van der Waals surface area contributed by atoms with E-state index in [1.54, 1.807) is 0 Å². The van der Waals surface area contributed by atoms with E-state index in [4.69, 9.17) is 4.74 Å². The SMILES string of the molecule is CCCCCCCCCCCCC1(CCCCCCCCCCCC)c2cccc([Si](C)(C)C)c2Oc2c1cccc2[Si](C)(C)C. The number of para-hydroxylation sites is 2. The molecule has 1 aliphatic rings. The second-order valence-corrected chi connectivity index (χ2v) is 27.0. The van der Waals surface area contributed by atoms with Crippen LogP contribution in [-0.4, -0.2) is 16.1 Å². The highest BCUT2D eigenvalue weighted by Crippen LogP contribution is 2.53. The van der Waals surface area contributed by atoms with Crippen LogP contribution in [0.3, 0.4) is 0 Å². The molecule has 0 atom stereocenters. The minimum atomic E-state index is -1.60. The molecule has 2 aromatic rings. The fraction of sp³-hybridized carbons (Fsp3) is 0.721. The first-order chi connectivity index (χ1) is 22.1. The Bertz CT molecular complexity index is 1050. The van der Waals surface area contributed by atoms with E-state index in [1.165, 1.54) is 174 Å². The molecule has 0 bridgehead atoms. The Kier molecular flexibility index (Phi) is 16.7. The number of benzene rings is 2. The van der Waals surface area contributed by atoms with Crippen molar-refractivity contribution in [2.75, 3.05) is 0 Å². The molecular weight excluding hydrogens is 589 g/mol. The van der Waals surface area contributed by atoms with Crippen LogP contribution in [-0.2, 0) is 5.41 Å². The lowest BCUT2D eigenvalue weighted by Crippen LogP contribution is -2.45. The van der Waals surface area contributed by atoms with Crippen LogP contribution in [0.5, 0.6) is 11.5 Å². The van der Waals surface area contributed by atoms with Gasteiger partial charge in [-0.3, -0.25) is 0 Å². The summed E-state index contributed by atoms with van der Waals surface area (Å²) in [6, 6.07) is 14.5. The lowest BCUT2D eigenvalue weighted by molar-refractivity contribution is 0.339. The standard InChI is InChI=1S/C43H74OSi2/c1-9-11-13-15-17-19-21-23-25-27-35-43(36-28-26-24-22-20-18-16-14-12-10-2)37-31-29-33-39(45(3,4)5)41(37)44-42-38(43)32-30-34-40(42)46(6,7)8/h29-34H,9-28,35-36H2,1-8H3. The quantitative estimate of drug-likeness (QED) is 0.0803. The third-order valence-electron chi connectivity index (χ3n) is 10.8. The smallest absolute Gasteiger partial charge is 0.130 e. The van der Waals surface area contributed by atoms with Gasteiger partial charge in [-0.1, -0.05) is 218 Å². The van der Waals surface area contributed by atoms with E-state index in [0.717, 1.165) is 0 Å². The molecule has 1 nitrogen and oxygen atoms in total. The highest BCUT2D eigenvalue weighted by Gasteiger charge is 2.44. The van der Waals surface area contributed by atoms with Crippen LogP contribution < -0.4 is 15.1 Å². The van der Waals surface area contributed by atoms with Crippen molar-refractivity contribution in [3.05, 3.63) is 47.5 Å². The number of unbranched alkanes of at least 4 members (excludes halogenated alkanes) is 18. The van der Waals surface area contributed by atoms with E-state index in [9.17, 15) is 0 Å². The highest BCUT2D eigenvalue weighted by atomic mass is 28.3. The van der Waals surface area contributed by atoms with E-state index in [1.807, 2.05) is 0 Å². The molecule has 0 radical (unpaired) electrons. The first-order valence-corrected chi connectivity index (χ1v) is 27.0. The van der Waals surface area contributed by atoms with Gasteiger partial charge < -0.3 is 4.74 Å². The Morgan fingerprint density at radius 3 is 1.04 bits per heavy atom. The molecule has 1 heterocycles. The fourth-order valence-electron chi connectivity index (χ4n) is 7.97.